The van der Waals surface area contributed by atoms with Crippen LogP contribution >= 0.6 is 66.8 Å². The third-order valence-electron chi connectivity index (χ3n) is 4.83. The van der Waals surface area contributed by atoms with Crippen LogP contribution in [-0.2, 0) is 8.65 Å². The number of thioether (sulfide) groups is 1. The molecule has 0 spiro atoms. The van der Waals surface area contributed by atoms with Crippen LogP contribution in [0.4, 0.5) is 30.7 Å². The Labute approximate surface area is 216 Å². The summed E-state index contributed by atoms with van der Waals surface area (Å²) in [6.07, 6.45) is -4.03. The highest BCUT2D eigenvalue weighted by molar-refractivity contribution is 9.10. The SMILES string of the molecule is FC(F)(F)C(F)(F)C(F)(F)SC1=CC(Br)(c2ccccc2Cl)[CH]C(Br)(c2ccccc2Cl)C1. The number of halogens is 11. The zero-order valence-corrected chi connectivity index (χ0v) is 21.5. The fraction of sp³-hybridized carbons (Fsp3) is 0.286. The predicted molar refractivity (Wildman–Crippen MR) is 125 cm³/mol. The molecular weight excluding hydrogens is 648 g/mol. The number of hydrogen-bond acceptors (Lipinski definition) is 1. The molecule has 33 heavy (non-hydrogen) atoms. The van der Waals surface area contributed by atoms with E-state index < -0.39 is 42.7 Å². The molecular formula is C21H12Br2Cl2F7S. The van der Waals surface area contributed by atoms with Crippen molar-refractivity contribution < 1.29 is 30.7 Å². The van der Waals surface area contributed by atoms with Gasteiger partial charge in [0.2, 0.25) is 0 Å². The molecule has 1 aliphatic carbocycles. The van der Waals surface area contributed by atoms with Crippen molar-refractivity contribution in [2.24, 2.45) is 0 Å². The minimum atomic E-state index is -6.44. The first-order valence-corrected chi connectivity index (χ1v) is 12.2. The molecule has 2 aromatic carbocycles. The highest BCUT2D eigenvalue weighted by atomic mass is 79.9. The molecule has 0 aliphatic heterocycles. The predicted octanol–water partition coefficient (Wildman–Crippen LogP) is 9.89. The first-order chi connectivity index (χ1) is 15.0. The van der Waals surface area contributed by atoms with E-state index in [9.17, 15) is 30.7 Å². The molecule has 0 saturated heterocycles. The van der Waals surface area contributed by atoms with Crippen molar-refractivity contribution in [1.29, 1.82) is 0 Å². The van der Waals surface area contributed by atoms with Crippen LogP contribution in [0.5, 0.6) is 0 Å². The summed E-state index contributed by atoms with van der Waals surface area (Å²) in [4.78, 5) is -0.431. The molecule has 2 aromatic rings. The van der Waals surface area contributed by atoms with E-state index in [-0.39, 0.29) is 16.5 Å². The summed E-state index contributed by atoms with van der Waals surface area (Å²) < 4.78 is 91.3. The molecule has 0 aromatic heterocycles. The maximum Gasteiger partial charge on any atom is 0.460 e. The lowest BCUT2D eigenvalue weighted by Gasteiger charge is -2.42. The minimum Gasteiger partial charge on any atom is -0.188 e. The van der Waals surface area contributed by atoms with Crippen LogP contribution in [0.1, 0.15) is 17.5 Å². The molecule has 12 heteroatoms. The third-order valence-corrected chi connectivity index (χ3v) is 8.35. The van der Waals surface area contributed by atoms with E-state index in [0.29, 0.717) is 11.1 Å². The number of allylic oxidation sites excluding steroid dienone is 2. The van der Waals surface area contributed by atoms with E-state index in [2.05, 4.69) is 31.9 Å². The maximum absolute atomic E-state index is 14.3. The molecule has 0 fully saturated rings. The van der Waals surface area contributed by atoms with Crippen molar-refractivity contribution in [3.63, 3.8) is 0 Å². The lowest BCUT2D eigenvalue weighted by Crippen LogP contribution is -2.50. The molecule has 1 radical (unpaired) electrons. The van der Waals surface area contributed by atoms with Crippen LogP contribution in [0.25, 0.3) is 0 Å². The topological polar surface area (TPSA) is 0 Å². The van der Waals surface area contributed by atoms with Crippen LogP contribution < -0.4 is 0 Å². The Balaban J connectivity index is 2.15. The zero-order chi connectivity index (χ0) is 24.9. The summed E-state index contributed by atoms with van der Waals surface area (Å²) >= 11 is 18.6. The first-order valence-electron chi connectivity index (χ1n) is 9.00. The first kappa shape index (κ1) is 27.2. The molecule has 0 saturated carbocycles. The van der Waals surface area contributed by atoms with E-state index in [1.807, 2.05) is 0 Å². The number of hydrogen-bond donors (Lipinski definition) is 0. The Hall–Kier alpha value is -0.420. The van der Waals surface area contributed by atoms with E-state index >= 15 is 0 Å². The fourth-order valence-electron chi connectivity index (χ4n) is 3.32. The molecule has 2 unspecified atom stereocenters. The maximum atomic E-state index is 14.3. The van der Waals surface area contributed by atoms with Crippen molar-refractivity contribution in [2.45, 2.75) is 32.4 Å². The van der Waals surface area contributed by atoms with Gasteiger partial charge in [-0.2, -0.15) is 30.7 Å². The summed E-state index contributed by atoms with van der Waals surface area (Å²) in [7, 11) is 0. The van der Waals surface area contributed by atoms with Gasteiger partial charge in [0.15, 0.2) is 0 Å². The molecule has 0 amide bonds. The van der Waals surface area contributed by atoms with Crippen molar-refractivity contribution in [3.8, 4) is 0 Å². The summed E-state index contributed by atoms with van der Waals surface area (Å²) in [6.45, 7) is 0. The van der Waals surface area contributed by atoms with Crippen LogP contribution in [0.2, 0.25) is 10.0 Å². The largest absolute Gasteiger partial charge is 0.460 e. The van der Waals surface area contributed by atoms with Crippen molar-refractivity contribution in [1.82, 2.24) is 0 Å². The van der Waals surface area contributed by atoms with Crippen molar-refractivity contribution >= 4 is 66.8 Å². The van der Waals surface area contributed by atoms with Crippen LogP contribution in [-0.4, -0.2) is 17.4 Å². The Kier molecular flexibility index (Phi) is 7.60. The molecule has 179 valence electrons. The van der Waals surface area contributed by atoms with E-state index in [1.54, 1.807) is 42.8 Å². The summed E-state index contributed by atoms with van der Waals surface area (Å²) in [6, 6.07) is 12.7. The van der Waals surface area contributed by atoms with Gasteiger partial charge in [-0.05, 0) is 46.3 Å². The van der Waals surface area contributed by atoms with Crippen LogP contribution in [0.15, 0.2) is 59.5 Å². The zero-order valence-electron chi connectivity index (χ0n) is 16.0. The summed E-state index contributed by atoms with van der Waals surface area (Å²) in [5, 5.41) is -5.02. The normalized spacial score (nSPS) is 24.5. The number of alkyl halides is 9. The van der Waals surface area contributed by atoms with Gasteiger partial charge in [-0.3, -0.25) is 0 Å². The van der Waals surface area contributed by atoms with E-state index in [1.165, 1.54) is 12.1 Å². The average molecular weight is 660 g/mol. The highest BCUT2D eigenvalue weighted by Gasteiger charge is 2.73. The Morgan fingerprint density at radius 2 is 1.27 bits per heavy atom. The van der Waals surface area contributed by atoms with Gasteiger partial charge in [0.05, 0.1) is 8.65 Å². The Bertz CT molecular complexity index is 1080. The summed E-state index contributed by atoms with van der Waals surface area (Å²) in [5.74, 6) is -6.26. The van der Waals surface area contributed by atoms with Crippen molar-refractivity contribution in [3.05, 3.63) is 87.1 Å². The minimum absolute atomic E-state index is 0.217. The average Bonchev–Trinajstić information content (AvgIpc) is 2.66. The molecule has 0 heterocycles. The van der Waals surface area contributed by atoms with E-state index in [0.717, 1.165) is 6.08 Å². The molecule has 3 rings (SSSR count). The fourth-order valence-corrected chi connectivity index (χ4v) is 7.93. The van der Waals surface area contributed by atoms with Gasteiger partial charge >= 0.3 is 17.4 Å². The van der Waals surface area contributed by atoms with Crippen LogP contribution in [0, 0.1) is 6.42 Å². The Morgan fingerprint density at radius 1 is 0.788 bits per heavy atom. The molecule has 0 bridgehead atoms. The molecule has 1 aliphatic rings. The van der Waals surface area contributed by atoms with Gasteiger partial charge in [0, 0.05) is 16.5 Å². The monoisotopic (exact) mass is 657 g/mol. The number of benzene rings is 2. The van der Waals surface area contributed by atoms with Crippen molar-refractivity contribution in [2.75, 3.05) is 0 Å². The van der Waals surface area contributed by atoms with Gasteiger partial charge in [0.25, 0.3) is 0 Å². The van der Waals surface area contributed by atoms with Crippen LogP contribution in [0.3, 0.4) is 0 Å². The second-order valence-electron chi connectivity index (χ2n) is 7.21. The van der Waals surface area contributed by atoms with Gasteiger partial charge < -0.3 is 0 Å². The van der Waals surface area contributed by atoms with Gasteiger partial charge in [-0.1, -0.05) is 97.5 Å². The Morgan fingerprint density at radius 3 is 1.76 bits per heavy atom. The number of rotatable bonds is 5. The van der Waals surface area contributed by atoms with E-state index in [4.69, 9.17) is 23.2 Å². The summed E-state index contributed by atoms with van der Waals surface area (Å²) in [5.41, 5.74) is 0.769. The van der Waals surface area contributed by atoms with Gasteiger partial charge in [-0.25, -0.2) is 0 Å². The second kappa shape index (κ2) is 9.22. The third kappa shape index (κ3) is 5.25. The lowest BCUT2D eigenvalue weighted by molar-refractivity contribution is -0.330. The standard InChI is InChI=1S/C21H12Br2Cl2F7S/c22-17(13-5-1-3-7-15(13)24)9-12(33-21(31,32)19(26,27)20(28,29)30)10-18(23,11-17)14-6-2-4-8-16(14)25/h1-9,11H,10H2. The second-order valence-corrected chi connectivity index (χ2v) is 12.0. The quantitative estimate of drug-likeness (QED) is 0.228. The van der Waals surface area contributed by atoms with Gasteiger partial charge in [-0.15, -0.1) is 0 Å². The lowest BCUT2D eigenvalue weighted by atomic mass is 9.78. The smallest absolute Gasteiger partial charge is 0.188 e. The molecule has 2 atom stereocenters. The van der Waals surface area contributed by atoms with Gasteiger partial charge in [0.1, 0.15) is 0 Å². The molecule has 0 nitrogen and oxygen atoms in total. The molecule has 0 N–H and O–H groups in total. The highest BCUT2D eigenvalue weighted by Crippen LogP contribution is 2.61.